The van der Waals surface area contributed by atoms with Gasteiger partial charge in [0, 0.05) is 49.2 Å². The highest BCUT2D eigenvalue weighted by Crippen LogP contribution is 2.44. The van der Waals surface area contributed by atoms with Crippen LogP contribution in [0.2, 0.25) is 0 Å². The number of ether oxygens (including phenoxy) is 1. The largest absolute Gasteiger partial charge is 0.448 e. The molecule has 0 unspecified atom stereocenters. The molecule has 35 heavy (non-hydrogen) atoms. The van der Waals surface area contributed by atoms with Crippen molar-refractivity contribution in [1.29, 1.82) is 0 Å². The first-order valence-corrected chi connectivity index (χ1v) is 12.7. The van der Waals surface area contributed by atoms with Gasteiger partial charge < -0.3 is 20.3 Å². The molecule has 0 radical (unpaired) electrons. The van der Waals surface area contributed by atoms with Crippen molar-refractivity contribution < 1.29 is 9.53 Å². The summed E-state index contributed by atoms with van der Waals surface area (Å²) in [6.07, 6.45) is -0.235. The van der Waals surface area contributed by atoms with Crippen LogP contribution in [0.15, 0.2) is 53.4 Å². The first-order valence-electron chi connectivity index (χ1n) is 12.3. The molecule has 1 saturated heterocycles. The first-order chi connectivity index (χ1) is 16.9. The molecule has 1 aliphatic heterocycles. The molecule has 0 aromatic heterocycles. The quantitative estimate of drug-likeness (QED) is 0.482. The van der Waals surface area contributed by atoms with Crippen molar-refractivity contribution in [1.82, 2.24) is 4.90 Å². The number of carbonyl (C=O) groups is 1. The van der Waals surface area contributed by atoms with E-state index in [1.165, 1.54) is 39.1 Å². The zero-order valence-electron chi connectivity index (χ0n) is 20.7. The number of fused-ring (bicyclic) bond motifs is 3. The maximum absolute atomic E-state index is 13.0. The molecule has 2 aliphatic rings. The van der Waals surface area contributed by atoms with Crippen LogP contribution in [0.4, 0.5) is 10.5 Å². The number of rotatable bonds is 4. The molecule has 0 atom stereocenters. The van der Waals surface area contributed by atoms with Crippen LogP contribution in [-0.4, -0.2) is 43.8 Å². The van der Waals surface area contributed by atoms with E-state index in [1.807, 2.05) is 4.90 Å². The van der Waals surface area contributed by atoms with Crippen LogP contribution < -0.4 is 10.6 Å². The maximum atomic E-state index is 13.0. The lowest BCUT2D eigenvalue weighted by Crippen LogP contribution is -2.49. The molecular weight excluding hydrogens is 454 g/mol. The molecule has 1 aliphatic carbocycles. The minimum atomic E-state index is -0.235. The monoisotopic (exact) mass is 487 g/mol. The van der Waals surface area contributed by atoms with Gasteiger partial charge in [0.1, 0.15) is 6.61 Å². The molecule has 182 valence electrons. The van der Waals surface area contributed by atoms with Crippen LogP contribution in [0.25, 0.3) is 11.1 Å². The predicted octanol–water partition coefficient (Wildman–Crippen LogP) is 5.43. The molecule has 0 bridgehead atoms. The van der Waals surface area contributed by atoms with E-state index in [-0.39, 0.29) is 12.0 Å². The maximum Gasteiger partial charge on any atom is 0.409 e. The Morgan fingerprint density at radius 2 is 1.49 bits per heavy atom. The fourth-order valence-corrected chi connectivity index (χ4v) is 6.06. The van der Waals surface area contributed by atoms with E-state index in [2.05, 4.69) is 74.2 Å². The molecule has 0 saturated carbocycles. The number of thiol groups is 1. The number of carbonyl (C=O) groups excluding carboxylic acids is 1. The van der Waals surface area contributed by atoms with Gasteiger partial charge in [-0.1, -0.05) is 48.5 Å². The summed E-state index contributed by atoms with van der Waals surface area (Å²) in [4.78, 5) is 18.2. The molecule has 3 aromatic carbocycles. The van der Waals surface area contributed by atoms with Crippen molar-refractivity contribution in [2.24, 2.45) is 5.73 Å². The molecule has 5 rings (SSSR count). The molecule has 5 nitrogen and oxygen atoms in total. The smallest absolute Gasteiger partial charge is 0.409 e. The third-order valence-corrected chi connectivity index (χ3v) is 8.39. The van der Waals surface area contributed by atoms with Crippen LogP contribution in [-0.2, 0) is 11.3 Å². The Hall–Kier alpha value is -2.96. The Morgan fingerprint density at radius 3 is 2.06 bits per heavy atom. The zero-order valence-corrected chi connectivity index (χ0v) is 21.6. The lowest BCUT2D eigenvalue weighted by Gasteiger charge is -2.38. The average molecular weight is 488 g/mol. The van der Waals surface area contributed by atoms with Crippen LogP contribution in [0.1, 0.15) is 39.3 Å². The molecule has 0 spiro atoms. The summed E-state index contributed by atoms with van der Waals surface area (Å²) in [6.45, 7) is 9.97. The van der Waals surface area contributed by atoms with Crippen LogP contribution >= 0.6 is 12.6 Å². The van der Waals surface area contributed by atoms with E-state index in [9.17, 15) is 4.79 Å². The lowest BCUT2D eigenvalue weighted by atomic mass is 9.96. The summed E-state index contributed by atoms with van der Waals surface area (Å²) in [5, 5.41) is 0. The van der Waals surface area contributed by atoms with Crippen molar-refractivity contribution in [3.63, 3.8) is 0 Å². The van der Waals surface area contributed by atoms with Crippen molar-refractivity contribution in [3.05, 3.63) is 81.9 Å². The number of piperazine rings is 1. The topological polar surface area (TPSA) is 58.8 Å². The highest BCUT2D eigenvalue weighted by Gasteiger charge is 2.31. The summed E-state index contributed by atoms with van der Waals surface area (Å²) >= 11 is 4.77. The number of hydrogen-bond acceptors (Lipinski definition) is 5. The molecule has 2 N–H and O–H groups in total. The van der Waals surface area contributed by atoms with Crippen LogP contribution in [0.5, 0.6) is 0 Å². The fourth-order valence-electron chi connectivity index (χ4n) is 5.82. The molecule has 1 amide bonds. The van der Waals surface area contributed by atoms with E-state index in [1.54, 1.807) is 0 Å². The number of amides is 1. The number of hydrogen-bond donors (Lipinski definition) is 2. The van der Waals surface area contributed by atoms with E-state index in [0.29, 0.717) is 26.2 Å². The van der Waals surface area contributed by atoms with Gasteiger partial charge in [-0.15, -0.1) is 12.6 Å². The van der Waals surface area contributed by atoms with Crippen LogP contribution in [0, 0.1) is 20.8 Å². The molecule has 3 aromatic rings. The standard InChI is InChI=1S/C29H33N3O2S/c1-18-25(16-30)19(2)28(35)20(3)27(18)31-12-14-32(15-13-31)29(33)34-17-26-23-10-6-4-8-21(23)22-9-5-7-11-24(22)26/h4-11,26,35H,12-17,30H2,1-3H3. The van der Waals surface area contributed by atoms with E-state index in [0.717, 1.165) is 29.1 Å². The van der Waals surface area contributed by atoms with E-state index >= 15 is 0 Å². The highest BCUT2D eigenvalue weighted by atomic mass is 32.1. The second kappa shape index (κ2) is 9.59. The predicted molar refractivity (Wildman–Crippen MR) is 145 cm³/mol. The summed E-state index contributed by atoms with van der Waals surface area (Å²) < 4.78 is 5.88. The number of benzene rings is 3. The second-order valence-electron chi connectivity index (χ2n) is 9.53. The molecule has 1 heterocycles. The molecular formula is C29H33N3O2S. The Kier molecular flexibility index (Phi) is 6.51. The van der Waals surface area contributed by atoms with Crippen LogP contribution in [0.3, 0.4) is 0 Å². The summed E-state index contributed by atoms with van der Waals surface area (Å²) in [7, 11) is 0. The van der Waals surface area contributed by atoms with Gasteiger partial charge in [0.15, 0.2) is 0 Å². The summed E-state index contributed by atoms with van der Waals surface area (Å²) in [6, 6.07) is 16.8. The van der Waals surface area contributed by atoms with Gasteiger partial charge in [-0.05, 0) is 65.3 Å². The first kappa shape index (κ1) is 23.8. The van der Waals surface area contributed by atoms with Crippen molar-refractivity contribution in [2.45, 2.75) is 38.1 Å². The Bertz CT molecular complexity index is 1240. The van der Waals surface area contributed by atoms with Crippen molar-refractivity contribution in [3.8, 4) is 11.1 Å². The van der Waals surface area contributed by atoms with Gasteiger partial charge >= 0.3 is 6.09 Å². The number of nitrogens with two attached hydrogens (primary N) is 1. The molecule has 6 heteroatoms. The zero-order chi connectivity index (χ0) is 24.7. The normalized spacial score (nSPS) is 15.2. The van der Waals surface area contributed by atoms with Gasteiger partial charge in [-0.3, -0.25) is 0 Å². The number of anilines is 1. The average Bonchev–Trinajstić information content (AvgIpc) is 3.20. The Morgan fingerprint density at radius 1 is 0.914 bits per heavy atom. The second-order valence-corrected chi connectivity index (χ2v) is 9.98. The Balaban J connectivity index is 1.26. The van der Waals surface area contributed by atoms with Crippen molar-refractivity contribution >= 4 is 24.4 Å². The summed E-state index contributed by atoms with van der Waals surface area (Å²) in [5.74, 6) is 0.0778. The van der Waals surface area contributed by atoms with E-state index in [4.69, 9.17) is 23.1 Å². The third-order valence-electron chi connectivity index (χ3n) is 7.72. The summed E-state index contributed by atoms with van der Waals surface area (Å²) in [5.41, 5.74) is 16.9. The fraction of sp³-hybridized carbons (Fsp3) is 0.345. The molecule has 1 fully saturated rings. The van der Waals surface area contributed by atoms with Gasteiger partial charge in [0.25, 0.3) is 0 Å². The van der Waals surface area contributed by atoms with Gasteiger partial charge in [0.2, 0.25) is 0 Å². The van der Waals surface area contributed by atoms with E-state index < -0.39 is 0 Å². The number of nitrogens with zero attached hydrogens (tertiary/aromatic N) is 2. The van der Waals surface area contributed by atoms with Gasteiger partial charge in [-0.25, -0.2) is 4.79 Å². The van der Waals surface area contributed by atoms with Gasteiger partial charge in [-0.2, -0.15) is 0 Å². The Labute approximate surface area is 213 Å². The third kappa shape index (κ3) is 4.09. The SMILES string of the molecule is Cc1c(S)c(C)c(N2CCN(C(=O)OCC3c4ccccc4-c4ccccc43)CC2)c(C)c1CN. The van der Waals surface area contributed by atoms with Crippen molar-refractivity contribution in [2.75, 3.05) is 37.7 Å². The minimum Gasteiger partial charge on any atom is -0.448 e. The lowest BCUT2D eigenvalue weighted by molar-refractivity contribution is 0.0976. The highest BCUT2D eigenvalue weighted by molar-refractivity contribution is 7.80. The van der Waals surface area contributed by atoms with Gasteiger partial charge in [0.05, 0.1) is 0 Å². The minimum absolute atomic E-state index is 0.0778.